The minimum Gasteiger partial charge on any atom is -0.501 e. The highest BCUT2D eigenvalue weighted by Crippen LogP contribution is 2.28. The lowest BCUT2D eigenvalue weighted by molar-refractivity contribution is 0.219. The Morgan fingerprint density at radius 2 is 2.17 bits per heavy atom. The lowest BCUT2D eigenvalue weighted by Crippen LogP contribution is -2.30. The summed E-state index contributed by atoms with van der Waals surface area (Å²) in [5.41, 5.74) is 5.16. The summed E-state index contributed by atoms with van der Waals surface area (Å²) in [6, 6.07) is 8.01. The normalized spacial score (nSPS) is 16.7. The number of hydrogen-bond acceptors (Lipinski definition) is 4. The van der Waals surface area contributed by atoms with Crippen LogP contribution in [0.1, 0.15) is 31.4 Å². The molecular weight excluding hydrogens is 228 g/mol. The Morgan fingerprint density at radius 3 is 2.72 bits per heavy atom. The minimum atomic E-state index is 0.0148. The number of benzene rings is 1. The maximum absolute atomic E-state index is 5.65. The van der Waals surface area contributed by atoms with Crippen molar-refractivity contribution in [1.29, 1.82) is 0 Å². The van der Waals surface area contributed by atoms with E-state index in [1.165, 1.54) is 5.57 Å². The average Bonchev–Trinajstić information content (AvgIpc) is 2.43. The number of nitrogens with two attached hydrogens (primary N) is 1. The largest absolute Gasteiger partial charge is 0.501 e. The van der Waals surface area contributed by atoms with Gasteiger partial charge in [-0.1, -0.05) is 12.1 Å². The van der Waals surface area contributed by atoms with E-state index in [0.717, 1.165) is 30.8 Å². The Balaban J connectivity index is 2.14. The van der Waals surface area contributed by atoms with Crippen LogP contribution >= 0.6 is 0 Å². The molecule has 0 spiro atoms. The summed E-state index contributed by atoms with van der Waals surface area (Å²) in [5.74, 6) is 6.54. The van der Waals surface area contributed by atoms with Gasteiger partial charge >= 0.3 is 0 Å². The third-order valence-electron chi connectivity index (χ3n) is 3.02. The van der Waals surface area contributed by atoms with E-state index in [-0.39, 0.29) is 6.04 Å². The van der Waals surface area contributed by atoms with Gasteiger partial charge in [-0.2, -0.15) is 0 Å². The van der Waals surface area contributed by atoms with Crippen molar-refractivity contribution in [2.24, 2.45) is 5.84 Å². The van der Waals surface area contributed by atoms with Gasteiger partial charge in [-0.15, -0.1) is 0 Å². The molecule has 0 bridgehead atoms. The fourth-order valence-corrected chi connectivity index (χ4v) is 2.14. The Morgan fingerprint density at radius 1 is 1.39 bits per heavy atom. The fourth-order valence-electron chi connectivity index (χ4n) is 2.14. The summed E-state index contributed by atoms with van der Waals surface area (Å²) >= 11 is 0. The zero-order valence-corrected chi connectivity index (χ0v) is 10.7. The van der Waals surface area contributed by atoms with Gasteiger partial charge in [-0.05, 0) is 43.0 Å². The lowest BCUT2D eigenvalue weighted by atomic mass is 9.96. The second kappa shape index (κ2) is 6.42. The second-order valence-corrected chi connectivity index (χ2v) is 4.27. The molecule has 0 aromatic heterocycles. The second-order valence-electron chi connectivity index (χ2n) is 4.27. The Labute approximate surface area is 108 Å². The zero-order valence-electron chi connectivity index (χ0n) is 10.7. The van der Waals surface area contributed by atoms with E-state index in [0.29, 0.717) is 6.61 Å². The summed E-state index contributed by atoms with van der Waals surface area (Å²) in [6.45, 7) is 3.45. The molecule has 4 nitrogen and oxygen atoms in total. The van der Waals surface area contributed by atoms with Crippen molar-refractivity contribution in [2.45, 2.75) is 25.8 Å². The topological polar surface area (TPSA) is 56.5 Å². The maximum atomic E-state index is 5.65. The van der Waals surface area contributed by atoms with Gasteiger partial charge < -0.3 is 9.47 Å². The van der Waals surface area contributed by atoms with Crippen LogP contribution < -0.4 is 16.0 Å². The molecular formula is C14H20N2O2. The van der Waals surface area contributed by atoms with Crippen molar-refractivity contribution in [3.05, 3.63) is 41.7 Å². The van der Waals surface area contributed by atoms with Gasteiger partial charge in [0.05, 0.1) is 25.5 Å². The molecule has 0 amide bonds. The monoisotopic (exact) mass is 248 g/mol. The van der Waals surface area contributed by atoms with Crippen LogP contribution in [0.5, 0.6) is 5.75 Å². The highest BCUT2D eigenvalue weighted by Gasteiger charge is 2.17. The van der Waals surface area contributed by atoms with Crippen LogP contribution in [-0.4, -0.2) is 13.2 Å². The zero-order chi connectivity index (χ0) is 12.8. The Hall–Kier alpha value is -1.52. The van der Waals surface area contributed by atoms with Gasteiger partial charge in [0.2, 0.25) is 0 Å². The number of hydrazine groups is 1. The third-order valence-corrected chi connectivity index (χ3v) is 3.02. The quantitative estimate of drug-likeness (QED) is 0.620. The first-order valence-corrected chi connectivity index (χ1v) is 6.34. The molecule has 3 N–H and O–H groups in total. The number of rotatable bonds is 5. The van der Waals surface area contributed by atoms with E-state index in [4.69, 9.17) is 15.3 Å². The van der Waals surface area contributed by atoms with Crippen LogP contribution in [0.2, 0.25) is 0 Å². The first kappa shape index (κ1) is 12.9. The lowest BCUT2D eigenvalue weighted by Gasteiger charge is -2.23. The van der Waals surface area contributed by atoms with Crippen molar-refractivity contribution in [3.8, 4) is 5.75 Å². The summed E-state index contributed by atoms with van der Waals surface area (Å²) in [4.78, 5) is 0. The minimum absolute atomic E-state index is 0.0148. The number of hydrogen-bond donors (Lipinski definition) is 2. The maximum Gasteiger partial charge on any atom is 0.119 e. The van der Waals surface area contributed by atoms with Crippen LogP contribution in [0.4, 0.5) is 0 Å². The predicted octanol–water partition coefficient (Wildman–Crippen LogP) is 2.28. The molecule has 0 radical (unpaired) electrons. The molecule has 98 valence electrons. The van der Waals surface area contributed by atoms with Crippen molar-refractivity contribution in [1.82, 2.24) is 5.43 Å². The van der Waals surface area contributed by atoms with E-state index in [1.54, 1.807) is 0 Å². The molecule has 0 aliphatic carbocycles. The van der Waals surface area contributed by atoms with E-state index in [1.807, 2.05) is 37.5 Å². The summed E-state index contributed by atoms with van der Waals surface area (Å²) < 4.78 is 10.8. The van der Waals surface area contributed by atoms with E-state index in [9.17, 15) is 0 Å². The molecule has 1 aliphatic heterocycles. The van der Waals surface area contributed by atoms with Crippen LogP contribution in [0, 0.1) is 0 Å². The molecule has 18 heavy (non-hydrogen) atoms. The number of ether oxygens (including phenoxy) is 2. The average molecular weight is 248 g/mol. The SMILES string of the molecule is CCOc1ccc(C(NN)C2=COCCC2)cc1. The fraction of sp³-hybridized carbons (Fsp3) is 0.429. The van der Waals surface area contributed by atoms with Crippen molar-refractivity contribution < 1.29 is 9.47 Å². The summed E-state index contributed by atoms with van der Waals surface area (Å²) in [6.07, 6.45) is 3.88. The molecule has 2 rings (SSSR count). The molecule has 1 unspecified atom stereocenters. The molecule has 1 aliphatic rings. The highest BCUT2D eigenvalue weighted by molar-refractivity contribution is 5.33. The summed E-state index contributed by atoms with van der Waals surface area (Å²) in [7, 11) is 0. The first-order valence-electron chi connectivity index (χ1n) is 6.34. The molecule has 1 heterocycles. The van der Waals surface area contributed by atoms with Crippen LogP contribution in [-0.2, 0) is 4.74 Å². The van der Waals surface area contributed by atoms with Crippen LogP contribution in [0.25, 0.3) is 0 Å². The van der Waals surface area contributed by atoms with E-state index >= 15 is 0 Å². The highest BCUT2D eigenvalue weighted by atomic mass is 16.5. The standard InChI is InChI=1S/C14H20N2O2/c1-2-18-13-7-5-11(6-8-13)14(16-15)12-4-3-9-17-10-12/h5-8,10,14,16H,2-4,9,15H2,1H3. The van der Waals surface area contributed by atoms with Gasteiger partial charge in [0, 0.05) is 0 Å². The molecule has 1 aromatic carbocycles. The Kier molecular flexibility index (Phi) is 4.61. The molecule has 1 atom stereocenters. The predicted molar refractivity (Wildman–Crippen MR) is 70.9 cm³/mol. The third kappa shape index (κ3) is 3.03. The molecule has 1 aromatic rings. The van der Waals surface area contributed by atoms with Gasteiger partial charge in [0.1, 0.15) is 5.75 Å². The summed E-state index contributed by atoms with van der Waals surface area (Å²) in [5, 5.41) is 0. The molecule has 0 saturated carbocycles. The van der Waals surface area contributed by atoms with Crippen molar-refractivity contribution >= 4 is 0 Å². The van der Waals surface area contributed by atoms with Gasteiger partial charge in [-0.25, -0.2) is 5.43 Å². The van der Waals surface area contributed by atoms with Crippen molar-refractivity contribution in [3.63, 3.8) is 0 Å². The van der Waals surface area contributed by atoms with E-state index in [2.05, 4.69) is 5.43 Å². The van der Waals surface area contributed by atoms with Crippen LogP contribution in [0.15, 0.2) is 36.1 Å². The smallest absolute Gasteiger partial charge is 0.119 e. The molecule has 0 saturated heterocycles. The van der Waals surface area contributed by atoms with Crippen molar-refractivity contribution in [2.75, 3.05) is 13.2 Å². The van der Waals surface area contributed by atoms with E-state index < -0.39 is 0 Å². The van der Waals surface area contributed by atoms with Gasteiger partial charge in [-0.3, -0.25) is 5.84 Å². The van der Waals surface area contributed by atoms with Gasteiger partial charge in [0.25, 0.3) is 0 Å². The molecule has 4 heteroatoms. The Bertz CT molecular complexity index is 401. The number of nitrogens with one attached hydrogen (secondary N) is 1. The first-order chi connectivity index (χ1) is 8.85. The van der Waals surface area contributed by atoms with Crippen LogP contribution in [0.3, 0.4) is 0 Å². The molecule has 0 fully saturated rings. The van der Waals surface area contributed by atoms with Gasteiger partial charge in [0.15, 0.2) is 0 Å².